The maximum absolute atomic E-state index is 11.6. The van der Waals surface area contributed by atoms with Crippen molar-refractivity contribution in [2.75, 3.05) is 19.0 Å². The van der Waals surface area contributed by atoms with Crippen LogP contribution in [0.5, 0.6) is 0 Å². The molecular formula is C10H12N4O. The average molecular weight is 204 g/mol. The summed E-state index contributed by atoms with van der Waals surface area (Å²) in [7, 11) is 3.76. The number of fused-ring (bicyclic) bond motifs is 1. The van der Waals surface area contributed by atoms with Crippen molar-refractivity contribution in [3.8, 4) is 0 Å². The Morgan fingerprint density at radius 2 is 2.00 bits per heavy atom. The largest absolute Gasteiger partial charge is 0.363 e. The lowest BCUT2D eigenvalue weighted by Gasteiger charge is -2.10. The number of anilines is 1. The number of hydrogen-bond donors (Lipinski definition) is 1. The van der Waals surface area contributed by atoms with E-state index in [1.807, 2.05) is 25.1 Å². The summed E-state index contributed by atoms with van der Waals surface area (Å²) < 4.78 is 0. The second-order valence-electron chi connectivity index (χ2n) is 3.58. The van der Waals surface area contributed by atoms with Crippen LogP contribution in [0.15, 0.2) is 16.9 Å². The molecule has 0 aliphatic carbocycles. The molecule has 78 valence electrons. The number of pyridine rings is 1. The van der Waals surface area contributed by atoms with E-state index in [2.05, 4.69) is 15.0 Å². The van der Waals surface area contributed by atoms with Crippen LogP contribution in [-0.2, 0) is 0 Å². The molecule has 0 unspecified atom stereocenters. The predicted octanol–water partition coefficient (Wildman–Crippen LogP) is 0.693. The molecule has 0 radical (unpaired) electrons. The van der Waals surface area contributed by atoms with Gasteiger partial charge in [-0.05, 0) is 19.1 Å². The molecule has 0 saturated heterocycles. The molecule has 5 heteroatoms. The molecule has 2 heterocycles. The van der Waals surface area contributed by atoms with Crippen LogP contribution in [0.1, 0.15) is 5.82 Å². The summed E-state index contributed by atoms with van der Waals surface area (Å²) in [6.45, 7) is 1.75. The van der Waals surface area contributed by atoms with Gasteiger partial charge in [0, 0.05) is 14.1 Å². The van der Waals surface area contributed by atoms with E-state index in [1.165, 1.54) is 0 Å². The van der Waals surface area contributed by atoms with Crippen molar-refractivity contribution in [3.63, 3.8) is 0 Å². The molecule has 0 aromatic carbocycles. The summed E-state index contributed by atoms with van der Waals surface area (Å²) in [6.07, 6.45) is 0. The smallest absolute Gasteiger partial charge is 0.277 e. The highest BCUT2D eigenvalue weighted by atomic mass is 16.1. The van der Waals surface area contributed by atoms with E-state index < -0.39 is 0 Å². The molecule has 0 atom stereocenters. The molecule has 2 aromatic heterocycles. The molecule has 0 aliphatic heterocycles. The summed E-state index contributed by atoms with van der Waals surface area (Å²) in [5, 5.41) is 0. The molecule has 15 heavy (non-hydrogen) atoms. The fourth-order valence-electron chi connectivity index (χ4n) is 1.38. The molecule has 2 aromatic rings. The van der Waals surface area contributed by atoms with Gasteiger partial charge in [-0.15, -0.1) is 0 Å². The molecular weight excluding hydrogens is 192 g/mol. The molecule has 1 N–H and O–H groups in total. The van der Waals surface area contributed by atoms with Gasteiger partial charge in [0.15, 0.2) is 5.52 Å². The maximum atomic E-state index is 11.6. The molecule has 0 saturated carbocycles. The van der Waals surface area contributed by atoms with Crippen LogP contribution in [-0.4, -0.2) is 29.0 Å². The maximum Gasteiger partial charge on any atom is 0.277 e. The summed E-state index contributed by atoms with van der Waals surface area (Å²) in [5.41, 5.74) is 0.815. The summed E-state index contributed by atoms with van der Waals surface area (Å²) in [6, 6.07) is 3.65. The average Bonchev–Trinajstić information content (AvgIpc) is 2.16. The first-order chi connectivity index (χ1) is 7.08. The van der Waals surface area contributed by atoms with Crippen LogP contribution in [0.25, 0.3) is 11.0 Å². The lowest BCUT2D eigenvalue weighted by Crippen LogP contribution is -2.15. The SMILES string of the molecule is Cc1nc2ccc(N(C)C)nc2c(=O)[nH]1. The topological polar surface area (TPSA) is 61.9 Å². The second kappa shape index (κ2) is 3.34. The Morgan fingerprint density at radius 3 is 2.67 bits per heavy atom. The van der Waals surface area contributed by atoms with E-state index in [4.69, 9.17) is 0 Å². The zero-order valence-corrected chi connectivity index (χ0v) is 8.90. The van der Waals surface area contributed by atoms with Gasteiger partial charge in [-0.2, -0.15) is 0 Å². The van der Waals surface area contributed by atoms with Crippen molar-refractivity contribution in [1.82, 2.24) is 15.0 Å². The minimum atomic E-state index is -0.193. The highest BCUT2D eigenvalue weighted by Crippen LogP contribution is 2.11. The van der Waals surface area contributed by atoms with Crippen LogP contribution in [0.4, 0.5) is 5.82 Å². The Labute approximate surface area is 86.8 Å². The summed E-state index contributed by atoms with van der Waals surface area (Å²) >= 11 is 0. The summed E-state index contributed by atoms with van der Waals surface area (Å²) in [4.78, 5) is 24.5. The Hall–Kier alpha value is -1.91. The first-order valence-electron chi connectivity index (χ1n) is 4.63. The Bertz CT molecular complexity index is 559. The second-order valence-corrected chi connectivity index (χ2v) is 3.58. The van der Waals surface area contributed by atoms with E-state index in [9.17, 15) is 4.79 Å². The van der Waals surface area contributed by atoms with Gasteiger partial charge in [0.05, 0.1) is 5.52 Å². The van der Waals surface area contributed by atoms with E-state index in [-0.39, 0.29) is 5.56 Å². The summed E-state index contributed by atoms with van der Waals surface area (Å²) in [5.74, 6) is 1.35. The Kier molecular flexibility index (Phi) is 2.15. The highest BCUT2D eigenvalue weighted by Gasteiger charge is 2.05. The number of H-pyrrole nitrogens is 1. The monoisotopic (exact) mass is 204 g/mol. The van der Waals surface area contributed by atoms with Gasteiger partial charge in [-0.25, -0.2) is 9.97 Å². The molecule has 5 nitrogen and oxygen atoms in total. The molecule has 2 rings (SSSR count). The van der Waals surface area contributed by atoms with Crippen molar-refractivity contribution in [2.45, 2.75) is 6.92 Å². The van der Waals surface area contributed by atoms with Gasteiger partial charge in [0.2, 0.25) is 0 Å². The van der Waals surface area contributed by atoms with Crippen molar-refractivity contribution >= 4 is 16.9 Å². The quantitative estimate of drug-likeness (QED) is 0.742. The first-order valence-corrected chi connectivity index (χ1v) is 4.63. The molecule has 0 spiro atoms. The van der Waals surface area contributed by atoms with E-state index in [0.717, 1.165) is 5.82 Å². The van der Waals surface area contributed by atoms with Crippen LogP contribution in [0, 0.1) is 6.92 Å². The first kappa shape index (κ1) is 9.64. The highest BCUT2D eigenvalue weighted by molar-refractivity contribution is 5.75. The number of aryl methyl sites for hydroxylation is 1. The normalized spacial score (nSPS) is 10.6. The third-order valence-corrected chi connectivity index (χ3v) is 2.12. The molecule has 0 amide bonds. The molecule has 0 bridgehead atoms. The zero-order valence-electron chi connectivity index (χ0n) is 8.90. The van der Waals surface area contributed by atoms with Gasteiger partial charge < -0.3 is 9.88 Å². The number of aromatic amines is 1. The minimum absolute atomic E-state index is 0.193. The van der Waals surface area contributed by atoms with Crippen molar-refractivity contribution < 1.29 is 0 Å². The van der Waals surface area contributed by atoms with Crippen LogP contribution >= 0.6 is 0 Å². The number of nitrogens with one attached hydrogen (secondary N) is 1. The van der Waals surface area contributed by atoms with Gasteiger partial charge >= 0.3 is 0 Å². The van der Waals surface area contributed by atoms with E-state index in [1.54, 1.807) is 13.0 Å². The van der Waals surface area contributed by atoms with Crippen molar-refractivity contribution in [2.24, 2.45) is 0 Å². The van der Waals surface area contributed by atoms with Crippen LogP contribution in [0.3, 0.4) is 0 Å². The van der Waals surface area contributed by atoms with Crippen molar-refractivity contribution in [3.05, 3.63) is 28.3 Å². The lowest BCUT2D eigenvalue weighted by atomic mass is 10.3. The van der Waals surface area contributed by atoms with E-state index in [0.29, 0.717) is 16.9 Å². The lowest BCUT2D eigenvalue weighted by molar-refractivity contribution is 1.03. The van der Waals surface area contributed by atoms with Gasteiger partial charge in [-0.1, -0.05) is 0 Å². The zero-order chi connectivity index (χ0) is 11.0. The number of nitrogens with zero attached hydrogens (tertiary/aromatic N) is 3. The minimum Gasteiger partial charge on any atom is -0.363 e. The fraction of sp³-hybridized carbons (Fsp3) is 0.300. The predicted molar refractivity (Wildman–Crippen MR) is 59.2 cm³/mol. The molecule has 0 fully saturated rings. The van der Waals surface area contributed by atoms with Crippen LogP contribution < -0.4 is 10.5 Å². The van der Waals surface area contributed by atoms with E-state index >= 15 is 0 Å². The van der Waals surface area contributed by atoms with Crippen molar-refractivity contribution in [1.29, 1.82) is 0 Å². The number of hydrogen-bond acceptors (Lipinski definition) is 4. The Balaban J connectivity index is 2.77. The molecule has 0 aliphatic rings. The van der Waals surface area contributed by atoms with Gasteiger partial charge in [0.1, 0.15) is 11.6 Å². The Morgan fingerprint density at radius 1 is 1.27 bits per heavy atom. The third kappa shape index (κ3) is 1.68. The standard InChI is InChI=1S/C10H12N4O/c1-6-11-7-4-5-8(14(2)3)13-9(7)10(15)12-6/h4-5H,1-3H3,(H,11,12,15). The number of aromatic nitrogens is 3. The van der Waals surface area contributed by atoms with Gasteiger partial charge in [-0.3, -0.25) is 4.79 Å². The van der Waals surface area contributed by atoms with Gasteiger partial charge in [0.25, 0.3) is 5.56 Å². The fourth-order valence-corrected chi connectivity index (χ4v) is 1.38. The third-order valence-electron chi connectivity index (χ3n) is 2.12. The number of rotatable bonds is 1. The van der Waals surface area contributed by atoms with Crippen LogP contribution in [0.2, 0.25) is 0 Å².